The van der Waals surface area contributed by atoms with E-state index in [-0.39, 0.29) is 11.6 Å². The van der Waals surface area contributed by atoms with Crippen molar-refractivity contribution in [3.05, 3.63) is 76.4 Å². The van der Waals surface area contributed by atoms with E-state index in [1.54, 1.807) is 0 Å². The molecule has 0 N–H and O–H groups in total. The highest BCUT2D eigenvalue weighted by molar-refractivity contribution is 7.87. The van der Waals surface area contributed by atoms with Crippen LogP contribution in [0.2, 0.25) is 0 Å². The van der Waals surface area contributed by atoms with E-state index < -0.39 is 22.5 Å². The van der Waals surface area contributed by atoms with Crippen molar-refractivity contribution in [1.82, 2.24) is 0 Å². The lowest BCUT2D eigenvalue weighted by Crippen LogP contribution is -2.04. The Labute approximate surface area is 127 Å². The number of halogens is 4. The Morgan fingerprint density at radius 3 is 2.36 bits per heavy atom. The molecule has 0 fully saturated rings. The molecule has 0 aliphatic heterocycles. The van der Waals surface area contributed by atoms with Crippen molar-refractivity contribution in [3.63, 3.8) is 0 Å². The summed E-state index contributed by atoms with van der Waals surface area (Å²) in [5.74, 6) is -0.204. The van der Waals surface area contributed by atoms with E-state index in [0.717, 1.165) is 12.1 Å². The first-order chi connectivity index (χ1) is 10.3. The molecule has 1 unspecified atom stereocenters. The zero-order chi connectivity index (χ0) is 16.2. The van der Waals surface area contributed by atoms with E-state index in [2.05, 4.69) is 0 Å². The molecule has 1 atom stereocenters. The van der Waals surface area contributed by atoms with Gasteiger partial charge in [-0.1, -0.05) is 24.3 Å². The van der Waals surface area contributed by atoms with Crippen LogP contribution < -0.4 is 0 Å². The van der Waals surface area contributed by atoms with Gasteiger partial charge in [0, 0.05) is 5.41 Å². The molecule has 116 valence electrons. The monoisotopic (exact) mass is 328 g/mol. The Bertz CT molecular complexity index is 690. The van der Waals surface area contributed by atoms with Crippen LogP contribution in [0, 0.1) is 5.82 Å². The maximum Gasteiger partial charge on any atom is 0.416 e. The molecule has 0 saturated carbocycles. The van der Waals surface area contributed by atoms with Crippen molar-refractivity contribution in [2.45, 2.75) is 11.9 Å². The summed E-state index contributed by atoms with van der Waals surface area (Å²) in [6.07, 6.45) is -3.02. The molecule has 1 nitrogen and oxygen atoms in total. The quantitative estimate of drug-likeness (QED) is 0.739. The molecule has 0 heterocycles. The third kappa shape index (κ3) is 4.80. The predicted molar refractivity (Wildman–Crippen MR) is 78.7 cm³/mol. The molecule has 0 saturated heterocycles. The fourth-order valence-electron chi connectivity index (χ4n) is 1.77. The number of benzene rings is 2. The van der Waals surface area contributed by atoms with E-state index in [1.807, 2.05) is 0 Å². The van der Waals surface area contributed by atoms with Crippen molar-refractivity contribution >= 4 is 16.9 Å². The molecule has 6 heteroatoms. The van der Waals surface area contributed by atoms with Gasteiger partial charge in [-0.2, -0.15) is 13.2 Å². The molecule has 2 rings (SSSR count). The lowest BCUT2D eigenvalue weighted by Gasteiger charge is -2.06. The Morgan fingerprint density at radius 1 is 1.05 bits per heavy atom. The molecule has 0 amide bonds. The summed E-state index contributed by atoms with van der Waals surface area (Å²) >= 11 is 0. The predicted octanol–water partition coefficient (Wildman–Crippen LogP) is 4.76. The normalized spacial score (nSPS) is 13.5. The number of hydrogen-bond acceptors (Lipinski definition) is 1. The molecule has 2 aromatic carbocycles. The third-order valence-electron chi connectivity index (χ3n) is 2.85. The Hall–Kier alpha value is -1.95. The molecule has 0 spiro atoms. The summed E-state index contributed by atoms with van der Waals surface area (Å²) in [5, 5.41) is 1.33. The fraction of sp³-hybridized carbons (Fsp3) is 0.125. The van der Waals surface area contributed by atoms with Crippen molar-refractivity contribution in [1.29, 1.82) is 0 Å². The van der Waals surface area contributed by atoms with Gasteiger partial charge in [-0.25, -0.2) is 4.39 Å². The van der Waals surface area contributed by atoms with Crippen LogP contribution in [-0.2, 0) is 22.7 Å². The molecule has 0 radical (unpaired) electrons. The van der Waals surface area contributed by atoms with Gasteiger partial charge in [0.1, 0.15) is 5.82 Å². The van der Waals surface area contributed by atoms with E-state index >= 15 is 0 Å². The van der Waals surface area contributed by atoms with Gasteiger partial charge < -0.3 is 0 Å². The standard InChI is InChI=1S/C16H12F4OS/c17-15-6-4-13(5-7-15)11-22(21)9-8-12-2-1-3-14(10-12)16(18,19)20/h1-10H,11H2. The fourth-order valence-corrected chi connectivity index (χ4v) is 2.69. The summed E-state index contributed by atoms with van der Waals surface area (Å²) in [7, 11) is -1.39. The second kappa shape index (κ2) is 6.87. The average Bonchev–Trinajstić information content (AvgIpc) is 2.47. The van der Waals surface area contributed by atoms with Crippen LogP contribution in [0.5, 0.6) is 0 Å². The van der Waals surface area contributed by atoms with Gasteiger partial charge in [-0.15, -0.1) is 0 Å². The SMILES string of the molecule is O=S(C=Cc1cccc(C(F)(F)F)c1)Cc1ccc(F)cc1. The largest absolute Gasteiger partial charge is 0.416 e. The average molecular weight is 328 g/mol. The zero-order valence-corrected chi connectivity index (χ0v) is 12.1. The second-order valence-corrected chi connectivity index (χ2v) is 5.90. The first-order valence-electron chi connectivity index (χ1n) is 6.32. The molecule has 2 aromatic rings. The summed E-state index contributed by atoms with van der Waals surface area (Å²) in [5.41, 5.74) is 0.259. The minimum atomic E-state index is -4.41. The first kappa shape index (κ1) is 16.4. The molecule has 0 aliphatic carbocycles. The summed E-state index contributed by atoms with van der Waals surface area (Å²) < 4.78 is 62.3. The Kier molecular flexibility index (Phi) is 5.13. The highest BCUT2D eigenvalue weighted by Gasteiger charge is 2.30. The maximum atomic E-state index is 12.7. The number of rotatable bonds is 4. The van der Waals surface area contributed by atoms with Crippen LogP contribution in [0.15, 0.2) is 53.9 Å². The number of alkyl halides is 3. The van der Waals surface area contributed by atoms with Crippen LogP contribution in [-0.4, -0.2) is 4.21 Å². The second-order valence-electron chi connectivity index (χ2n) is 4.58. The van der Waals surface area contributed by atoms with Crippen molar-refractivity contribution < 1.29 is 21.8 Å². The number of hydrogen-bond donors (Lipinski definition) is 0. The van der Waals surface area contributed by atoms with Crippen LogP contribution in [0.25, 0.3) is 6.08 Å². The van der Waals surface area contributed by atoms with Gasteiger partial charge in [0.15, 0.2) is 0 Å². The van der Waals surface area contributed by atoms with E-state index in [4.69, 9.17) is 0 Å². The third-order valence-corrected chi connectivity index (χ3v) is 3.91. The van der Waals surface area contributed by atoms with Crippen molar-refractivity contribution in [3.8, 4) is 0 Å². The van der Waals surface area contributed by atoms with Gasteiger partial charge in [-0.3, -0.25) is 4.21 Å². The topological polar surface area (TPSA) is 17.1 Å². The van der Waals surface area contributed by atoms with Crippen LogP contribution in [0.4, 0.5) is 17.6 Å². The van der Waals surface area contributed by atoms with Crippen molar-refractivity contribution in [2.75, 3.05) is 0 Å². The minimum absolute atomic E-state index is 0.176. The van der Waals surface area contributed by atoms with Gasteiger partial charge >= 0.3 is 6.18 Å². The van der Waals surface area contributed by atoms with Gasteiger partial charge in [0.2, 0.25) is 0 Å². The van der Waals surface area contributed by atoms with Gasteiger partial charge in [0.25, 0.3) is 0 Å². The lowest BCUT2D eigenvalue weighted by atomic mass is 10.1. The first-order valence-corrected chi connectivity index (χ1v) is 7.70. The van der Waals surface area contributed by atoms with Gasteiger partial charge in [-0.05, 0) is 41.5 Å². The van der Waals surface area contributed by atoms with Crippen LogP contribution >= 0.6 is 0 Å². The van der Waals surface area contributed by atoms with E-state index in [1.165, 1.54) is 47.9 Å². The molecule has 22 heavy (non-hydrogen) atoms. The van der Waals surface area contributed by atoms with Gasteiger partial charge in [0.05, 0.1) is 22.1 Å². The molecule has 0 aliphatic rings. The summed E-state index contributed by atoms with van der Waals surface area (Å²) in [6, 6.07) is 10.3. The Balaban J connectivity index is 2.05. The molecule has 0 bridgehead atoms. The Morgan fingerprint density at radius 2 is 1.73 bits per heavy atom. The van der Waals surface area contributed by atoms with Crippen molar-refractivity contribution in [2.24, 2.45) is 0 Å². The highest BCUT2D eigenvalue weighted by atomic mass is 32.2. The lowest BCUT2D eigenvalue weighted by molar-refractivity contribution is -0.137. The van der Waals surface area contributed by atoms with Crippen LogP contribution in [0.1, 0.15) is 16.7 Å². The summed E-state index contributed by atoms with van der Waals surface area (Å²) in [4.78, 5) is 0. The zero-order valence-electron chi connectivity index (χ0n) is 11.3. The van der Waals surface area contributed by atoms with E-state index in [0.29, 0.717) is 11.1 Å². The molecular weight excluding hydrogens is 316 g/mol. The van der Waals surface area contributed by atoms with E-state index in [9.17, 15) is 21.8 Å². The van der Waals surface area contributed by atoms with Crippen LogP contribution in [0.3, 0.4) is 0 Å². The maximum absolute atomic E-state index is 12.7. The minimum Gasteiger partial charge on any atom is -0.255 e. The molecular formula is C16H12F4OS. The smallest absolute Gasteiger partial charge is 0.255 e. The molecule has 0 aromatic heterocycles. The highest BCUT2D eigenvalue weighted by Crippen LogP contribution is 2.29. The summed E-state index contributed by atoms with van der Waals surface area (Å²) in [6.45, 7) is 0.